The number of benzene rings is 1. The Hall–Kier alpha value is -1.08. The molecule has 1 aromatic heterocycles. The van der Waals surface area contributed by atoms with Crippen molar-refractivity contribution in [2.75, 3.05) is 12.8 Å². The van der Waals surface area contributed by atoms with Crippen LogP contribution in [0.25, 0.3) is 0 Å². The Morgan fingerprint density at radius 3 is 2.60 bits per heavy atom. The van der Waals surface area contributed by atoms with Gasteiger partial charge in [0.25, 0.3) is 10.0 Å². The Balaban J connectivity index is 2.33. The standard InChI is InChI=1S/C13H15ClN2O2S2/c1-9(10-4-3-5-11(14)6-10)16(2)20(17,18)13-7-12(15)8-19-13/h3-9H,15H2,1-2H3. The zero-order valence-electron chi connectivity index (χ0n) is 11.1. The lowest BCUT2D eigenvalue weighted by molar-refractivity contribution is 0.399. The summed E-state index contributed by atoms with van der Waals surface area (Å²) in [7, 11) is -2.00. The molecule has 0 spiro atoms. The van der Waals surface area contributed by atoms with Gasteiger partial charge in [-0.1, -0.05) is 23.7 Å². The second kappa shape index (κ2) is 5.73. The predicted octanol–water partition coefficient (Wildman–Crippen LogP) is 3.37. The summed E-state index contributed by atoms with van der Waals surface area (Å²) < 4.78 is 26.6. The molecule has 4 nitrogen and oxygen atoms in total. The topological polar surface area (TPSA) is 63.4 Å². The fraction of sp³-hybridized carbons (Fsp3) is 0.231. The van der Waals surface area contributed by atoms with Crippen molar-refractivity contribution in [3.63, 3.8) is 0 Å². The van der Waals surface area contributed by atoms with E-state index in [2.05, 4.69) is 0 Å². The Bertz CT molecular complexity index is 713. The average molecular weight is 331 g/mol. The smallest absolute Gasteiger partial charge is 0.252 e. The van der Waals surface area contributed by atoms with E-state index in [-0.39, 0.29) is 10.3 Å². The number of thiophene rings is 1. The lowest BCUT2D eigenvalue weighted by Gasteiger charge is -2.24. The maximum absolute atomic E-state index is 12.5. The molecule has 7 heteroatoms. The maximum atomic E-state index is 12.5. The third-order valence-electron chi connectivity index (χ3n) is 3.11. The number of sulfonamides is 1. The van der Waals surface area contributed by atoms with Crippen LogP contribution in [0.5, 0.6) is 0 Å². The summed E-state index contributed by atoms with van der Waals surface area (Å²) in [6, 6.07) is 8.33. The van der Waals surface area contributed by atoms with E-state index >= 15 is 0 Å². The molecule has 108 valence electrons. The van der Waals surface area contributed by atoms with Crippen molar-refractivity contribution in [3.05, 3.63) is 46.3 Å². The number of rotatable bonds is 4. The van der Waals surface area contributed by atoms with Crippen LogP contribution < -0.4 is 5.73 Å². The van der Waals surface area contributed by atoms with Gasteiger partial charge in [-0.2, -0.15) is 4.31 Å². The molecule has 0 radical (unpaired) electrons. The van der Waals surface area contributed by atoms with Gasteiger partial charge in [0, 0.05) is 29.2 Å². The summed E-state index contributed by atoms with van der Waals surface area (Å²) in [4.78, 5) is 0. The molecule has 2 N–H and O–H groups in total. The number of hydrogen-bond acceptors (Lipinski definition) is 4. The third kappa shape index (κ3) is 2.98. The largest absolute Gasteiger partial charge is 0.398 e. The molecule has 20 heavy (non-hydrogen) atoms. The number of hydrogen-bond donors (Lipinski definition) is 1. The van der Waals surface area contributed by atoms with Gasteiger partial charge in [-0.05, 0) is 30.7 Å². The molecule has 0 bridgehead atoms. The number of anilines is 1. The Kier molecular flexibility index (Phi) is 4.39. The fourth-order valence-electron chi connectivity index (χ4n) is 1.79. The van der Waals surface area contributed by atoms with Crippen molar-refractivity contribution >= 4 is 38.6 Å². The van der Waals surface area contributed by atoms with E-state index in [1.54, 1.807) is 30.6 Å². The Morgan fingerprint density at radius 1 is 1.35 bits per heavy atom. The van der Waals surface area contributed by atoms with Gasteiger partial charge >= 0.3 is 0 Å². The molecular formula is C13H15ClN2O2S2. The normalized spacial score (nSPS) is 13.6. The van der Waals surface area contributed by atoms with E-state index in [9.17, 15) is 8.42 Å². The zero-order chi connectivity index (χ0) is 14.9. The predicted molar refractivity (Wildman–Crippen MR) is 83.5 cm³/mol. The first-order valence-electron chi connectivity index (χ1n) is 5.90. The van der Waals surface area contributed by atoms with Gasteiger partial charge < -0.3 is 5.73 Å². The van der Waals surface area contributed by atoms with Crippen molar-refractivity contribution in [3.8, 4) is 0 Å². The monoisotopic (exact) mass is 330 g/mol. The highest BCUT2D eigenvalue weighted by atomic mass is 35.5. The van der Waals surface area contributed by atoms with Crippen molar-refractivity contribution in [2.24, 2.45) is 0 Å². The highest BCUT2D eigenvalue weighted by molar-refractivity contribution is 7.91. The zero-order valence-corrected chi connectivity index (χ0v) is 13.5. The molecule has 0 fully saturated rings. The van der Waals surface area contributed by atoms with E-state index in [1.807, 2.05) is 13.0 Å². The highest BCUT2D eigenvalue weighted by Crippen LogP contribution is 2.30. The molecule has 0 aliphatic carbocycles. The molecule has 2 aromatic rings. The molecule has 0 aliphatic heterocycles. The van der Waals surface area contributed by atoms with Gasteiger partial charge in [0.15, 0.2) is 0 Å². The number of nitrogens with zero attached hydrogens (tertiary/aromatic N) is 1. The molecular weight excluding hydrogens is 316 g/mol. The second-order valence-corrected chi connectivity index (χ2v) is 8.02. The summed E-state index contributed by atoms with van der Waals surface area (Å²) >= 11 is 7.07. The molecule has 2 rings (SSSR count). The summed E-state index contributed by atoms with van der Waals surface area (Å²) in [5.74, 6) is 0. The van der Waals surface area contributed by atoms with Gasteiger partial charge in [-0.25, -0.2) is 8.42 Å². The van der Waals surface area contributed by atoms with Crippen molar-refractivity contribution in [1.29, 1.82) is 0 Å². The van der Waals surface area contributed by atoms with E-state index in [4.69, 9.17) is 17.3 Å². The van der Waals surface area contributed by atoms with Crippen LogP contribution >= 0.6 is 22.9 Å². The average Bonchev–Trinajstić information content (AvgIpc) is 2.84. The van der Waals surface area contributed by atoms with Gasteiger partial charge in [-0.15, -0.1) is 11.3 Å². The molecule has 0 amide bonds. The molecule has 1 aromatic carbocycles. The Morgan fingerprint density at radius 2 is 2.05 bits per heavy atom. The Labute approximate surface area is 127 Å². The SMILES string of the molecule is CC(c1cccc(Cl)c1)N(C)S(=O)(=O)c1cc(N)cs1. The van der Waals surface area contributed by atoms with Gasteiger partial charge in [0.05, 0.1) is 0 Å². The van der Waals surface area contributed by atoms with Crippen LogP contribution in [0.15, 0.2) is 39.9 Å². The van der Waals surface area contributed by atoms with Gasteiger partial charge in [0.2, 0.25) is 0 Å². The van der Waals surface area contributed by atoms with Crippen molar-refractivity contribution in [2.45, 2.75) is 17.2 Å². The van der Waals surface area contributed by atoms with Crippen LogP contribution in [0.4, 0.5) is 5.69 Å². The van der Waals surface area contributed by atoms with Crippen LogP contribution in [0.1, 0.15) is 18.5 Å². The second-order valence-electron chi connectivity index (χ2n) is 4.45. The van der Waals surface area contributed by atoms with Crippen LogP contribution in [0.2, 0.25) is 5.02 Å². The summed E-state index contributed by atoms with van der Waals surface area (Å²) in [5.41, 5.74) is 6.89. The van der Waals surface area contributed by atoms with Crippen LogP contribution in [-0.2, 0) is 10.0 Å². The van der Waals surface area contributed by atoms with E-state index in [1.165, 1.54) is 10.4 Å². The lowest BCUT2D eigenvalue weighted by Crippen LogP contribution is -2.29. The van der Waals surface area contributed by atoms with Crippen LogP contribution in [0, 0.1) is 0 Å². The van der Waals surface area contributed by atoms with Gasteiger partial charge in [-0.3, -0.25) is 0 Å². The number of halogens is 1. The molecule has 0 saturated carbocycles. The molecule has 0 saturated heterocycles. The molecule has 1 unspecified atom stereocenters. The third-order valence-corrected chi connectivity index (χ3v) is 6.70. The molecule has 0 aliphatic rings. The number of nitrogens with two attached hydrogens (primary N) is 1. The minimum Gasteiger partial charge on any atom is -0.398 e. The lowest BCUT2D eigenvalue weighted by atomic mass is 10.1. The van der Waals surface area contributed by atoms with Crippen LogP contribution in [0.3, 0.4) is 0 Å². The van der Waals surface area contributed by atoms with Crippen molar-refractivity contribution in [1.82, 2.24) is 4.31 Å². The van der Waals surface area contributed by atoms with Crippen LogP contribution in [-0.4, -0.2) is 19.8 Å². The van der Waals surface area contributed by atoms with Gasteiger partial charge in [0.1, 0.15) is 4.21 Å². The minimum absolute atomic E-state index is 0.242. The highest BCUT2D eigenvalue weighted by Gasteiger charge is 2.27. The quantitative estimate of drug-likeness (QED) is 0.934. The van der Waals surface area contributed by atoms with Crippen molar-refractivity contribution < 1.29 is 8.42 Å². The van der Waals surface area contributed by atoms with E-state index in [0.717, 1.165) is 16.9 Å². The fourth-order valence-corrected chi connectivity index (χ4v) is 4.61. The molecule has 1 atom stereocenters. The first-order valence-corrected chi connectivity index (χ1v) is 8.59. The molecule has 1 heterocycles. The van der Waals surface area contributed by atoms with E-state index in [0.29, 0.717) is 10.7 Å². The maximum Gasteiger partial charge on any atom is 0.252 e. The summed E-state index contributed by atoms with van der Waals surface area (Å²) in [5, 5.41) is 2.20. The van der Waals surface area contributed by atoms with E-state index < -0.39 is 10.0 Å². The summed E-state index contributed by atoms with van der Waals surface area (Å²) in [6.07, 6.45) is 0. The first-order chi connectivity index (χ1) is 9.32. The first kappa shape index (κ1) is 15.3. The summed E-state index contributed by atoms with van der Waals surface area (Å²) in [6.45, 7) is 1.82. The number of nitrogen functional groups attached to an aromatic ring is 1. The minimum atomic E-state index is -3.55.